The molecule has 2 fully saturated rings. The van der Waals surface area contributed by atoms with Crippen LogP contribution in [0.4, 0.5) is 8.78 Å². The Morgan fingerprint density at radius 2 is 2.08 bits per heavy atom. The van der Waals surface area contributed by atoms with Crippen molar-refractivity contribution in [3.63, 3.8) is 0 Å². The van der Waals surface area contributed by atoms with E-state index in [2.05, 4.69) is 10.1 Å². The summed E-state index contributed by atoms with van der Waals surface area (Å²) in [5, 5.41) is 2.88. The fraction of sp³-hybridized carbons (Fsp3) is 0.611. The molecule has 2 aliphatic rings. The standard InChI is InChI=1S/C18H24F2N2O3/c1-17(2)14-13(4-3-9-24-14)18(17,21)15(23)22-10-11-5-7-12(8-6-11)25-16(19)20/h5-8,13-14,16H,3-4,9-10,21H2,1-2H3,(H,22,23). The van der Waals surface area contributed by atoms with E-state index in [9.17, 15) is 13.6 Å². The number of benzene rings is 1. The Balaban J connectivity index is 1.62. The van der Waals surface area contributed by atoms with Crippen molar-refractivity contribution in [2.45, 2.75) is 51.5 Å². The first kappa shape index (κ1) is 18.1. The van der Waals surface area contributed by atoms with Gasteiger partial charge in [-0.1, -0.05) is 26.0 Å². The normalized spacial score (nSPS) is 30.3. The molecule has 0 radical (unpaired) electrons. The fourth-order valence-corrected chi connectivity index (χ4v) is 4.15. The molecule has 1 amide bonds. The zero-order valence-corrected chi connectivity index (χ0v) is 14.4. The van der Waals surface area contributed by atoms with Crippen LogP contribution >= 0.6 is 0 Å². The highest BCUT2D eigenvalue weighted by atomic mass is 19.3. The summed E-state index contributed by atoms with van der Waals surface area (Å²) in [7, 11) is 0. The van der Waals surface area contributed by atoms with E-state index < -0.39 is 17.6 Å². The molecule has 7 heteroatoms. The molecule has 3 N–H and O–H groups in total. The number of nitrogens with one attached hydrogen (secondary N) is 1. The molecule has 1 aromatic rings. The Bertz CT molecular complexity index is 636. The van der Waals surface area contributed by atoms with Gasteiger partial charge >= 0.3 is 6.61 Å². The van der Waals surface area contributed by atoms with Gasteiger partial charge in [0, 0.05) is 24.5 Å². The summed E-state index contributed by atoms with van der Waals surface area (Å²) in [5.74, 6) is -0.0853. The van der Waals surface area contributed by atoms with Gasteiger partial charge in [-0.05, 0) is 30.5 Å². The molecule has 1 saturated carbocycles. The Morgan fingerprint density at radius 3 is 2.72 bits per heavy atom. The zero-order chi connectivity index (χ0) is 18.2. The van der Waals surface area contributed by atoms with Gasteiger partial charge in [0.25, 0.3) is 0 Å². The smallest absolute Gasteiger partial charge is 0.387 e. The van der Waals surface area contributed by atoms with Gasteiger partial charge < -0.3 is 20.5 Å². The zero-order valence-electron chi connectivity index (χ0n) is 14.4. The average Bonchev–Trinajstić information content (AvgIpc) is 2.59. The summed E-state index contributed by atoms with van der Waals surface area (Å²) in [5.41, 5.74) is 5.92. The Kier molecular flexibility index (Phi) is 4.72. The molecule has 3 rings (SSSR count). The number of amides is 1. The first-order valence-electron chi connectivity index (χ1n) is 8.49. The SMILES string of the molecule is CC1(C)C2OCCCC2C1(N)C(=O)NCc1ccc(OC(F)F)cc1. The van der Waals surface area contributed by atoms with Crippen molar-refractivity contribution in [3.05, 3.63) is 29.8 Å². The van der Waals surface area contributed by atoms with Crippen molar-refractivity contribution in [2.75, 3.05) is 6.61 Å². The van der Waals surface area contributed by atoms with Crippen molar-refractivity contribution >= 4 is 5.91 Å². The third kappa shape index (κ3) is 3.00. The largest absolute Gasteiger partial charge is 0.435 e. The number of nitrogens with two attached hydrogens (primary N) is 1. The Hall–Kier alpha value is -1.73. The minimum Gasteiger partial charge on any atom is -0.435 e. The predicted molar refractivity (Wildman–Crippen MR) is 88.1 cm³/mol. The number of carbonyl (C=O) groups excluding carboxylic acids is 1. The summed E-state index contributed by atoms with van der Waals surface area (Å²) in [6, 6.07) is 6.17. The minimum absolute atomic E-state index is 0.0165. The third-order valence-corrected chi connectivity index (χ3v) is 5.66. The molecular weight excluding hydrogens is 330 g/mol. The van der Waals surface area contributed by atoms with Crippen molar-refractivity contribution in [1.29, 1.82) is 0 Å². The number of hydrogen-bond donors (Lipinski definition) is 2. The number of ether oxygens (including phenoxy) is 2. The van der Waals surface area contributed by atoms with Crippen LogP contribution in [-0.2, 0) is 16.1 Å². The number of alkyl halides is 2. The van der Waals surface area contributed by atoms with E-state index in [-0.39, 0.29) is 30.2 Å². The molecule has 3 atom stereocenters. The van der Waals surface area contributed by atoms with Crippen LogP contribution in [0.3, 0.4) is 0 Å². The lowest BCUT2D eigenvalue weighted by Crippen LogP contribution is -2.82. The van der Waals surface area contributed by atoms with E-state index in [4.69, 9.17) is 10.5 Å². The van der Waals surface area contributed by atoms with Crippen LogP contribution in [0.5, 0.6) is 5.75 Å². The van der Waals surface area contributed by atoms with Gasteiger partial charge in [0.05, 0.1) is 6.10 Å². The molecule has 1 aliphatic heterocycles. The summed E-state index contributed by atoms with van der Waals surface area (Å²) >= 11 is 0. The second-order valence-corrected chi connectivity index (χ2v) is 7.34. The molecule has 0 aromatic heterocycles. The number of rotatable bonds is 5. The molecule has 0 spiro atoms. The van der Waals surface area contributed by atoms with Gasteiger partial charge in [-0.3, -0.25) is 4.79 Å². The summed E-state index contributed by atoms with van der Waals surface area (Å²) in [6.45, 7) is 2.08. The lowest BCUT2D eigenvalue weighted by molar-refractivity contribution is -0.225. The van der Waals surface area contributed by atoms with Crippen LogP contribution < -0.4 is 15.8 Å². The van der Waals surface area contributed by atoms with Crippen LogP contribution in [0.1, 0.15) is 32.3 Å². The van der Waals surface area contributed by atoms with Gasteiger partial charge in [-0.15, -0.1) is 0 Å². The number of carbonyl (C=O) groups is 1. The maximum Gasteiger partial charge on any atom is 0.387 e. The number of halogens is 2. The molecule has 1 aliphatic carbocycles. The van der Waals surface area contributed by atoms with Crippen molar-refractivity contribution in [1.82, 2.24) is 5.32 Å². The lowest BCUT2D eigenvalue weighted by atomic mass is 9.46. The van der Waals surface area contributed by atoms with Gasteiger partial charge in [-0.25, -0.2) is 0 Å². The molecule has 138 valence electrons. The van der Waals surface area contributed by atoms with Gasteiger partial charge in [0.1, 0.15) is 11.3 Å². The summed E-state index contributed by atoms with van der Waals surface area (Å²) in [6.07, 6.45) is 1.81. The fourth-order valence-electron chi connectivity index (χ4n) is 4.15. The quantitative estimate of drug-likeness (QED) is 0.852. The first-order chi connectivity index (χ1) is 11.8. The monoisotopic (exact) mass is 354 g/mol. The Labute approximate surface area is 145 Å². The topological polar surface area (TPSA) is 73.6 Å². The highest BCUT2D eigenvalue weighted by molar-refractivity contribution is 5.89. The van der Waals surface area contributed by atoms with E-state index >= 15 is 0 Å². The van der Waals surface area contributed by atoms with Gasteiger partial charge in [0.2, 0.25) is 5.91 Å². The van der Waals surface area contributed by atoms with E-state index in [0.29, 0.717) is 0 Å². The van der Waals surface area contributed by atoms with E-state index in [1.54, 1.807) is 12.1 Å². The third-order valence-electron chi connectivity index (χ3n) is 5.66. The van der Waals surface area contributed by atoms with E-state index in [1.807, 2.05) is 13.8 Å². The van der Waals surface area contributed by atoms with E-state index in [1.165, 1.54) is 12.1 Å². The molecule has 0 bridgehead atoms. The van der Waals surface area contributed by atoms with Crippen LogP contribution in [0.25, 0.3) is 0 Å². The van der Waals surface area contributed by atoms with Crippen LogP contribution in [-0.4, -0.2) is 30.8 Å². The van der Waals surface area contributed by atoms with Crippen LogP contribution in [0.15, 0.2) is 24.3 Å². The second-order valence-electron chi connectivity index (χ2n) is 7.34. The Morgan fingerprint density at radius 1 is 1.40 bits per heavy atom. The number of hydrogen-bond acceptors (Lipinski definition) is 4. The van der Waals surface area contributed by atoms with Crippen molar-refractivity contribution in [2.24, 2.45) is 17.1 Å². The molecule has 25 heavy (non-hydrogen) atoms. The number of fused-ring (bicyclic) bond motifs is 1. The maximum absolute atomic E-state index is 12.8. The molecule has 5 nitrogen and oxygen atoms in total. The highest BCUT2D eigenvalue weighted by Crippen LogP contribution is 2.57. The average molecular weight is 354 g/mol. The predicted octanol–water partition coefficient (Wildman–Crippen LogP) is 2.44. The first-order valence-corrected chi connectivity index (χ1v) is 8.49. The van der Waals surface area contributed by atoms with Crippen molar-refractivity contribution < 1.29 is 23.0 Å². The van der Waals surface area contributed by atoms with Gasteiger partial charge in [0.15, 0.2) is 0 Å². The van der Waals surface area contributed by atoms with Gasteiger partial charge in [-0.2, -0.15) is 8.78 Å². The lowest BCUT2D eigenvalue weighted by Gasteiger charge is -2.65. The molecule has 1 heterocycles. The van der Waals surface area contributed by atoms with E-state index in [0.717, 1.165) is 25.0 Å². The second kappa shape index (κ2) is 6.53. The molecule has 1 saturated heterocycles. The molecule has 1 aromatic carbocycles. The highest BCUT2D eigenvalue weighted by Gasteiger charge is 2.70. The van der Waals surface area contributed by atoms with Crippen LogP contribution in [0, 0.1) is 11.3 Å². The summed E-state index contributed by atoms with van der Waals surface area (Å²) < 4.78 is 34.4. The van der Waals surface area contributed by atoms with Crippen LogP contribution in [0.2, 0.25) is 0 Å². The maximum atomic E-state index is 12.8. The molecule has 3 unspecified atom stereocenters. The molecular formula is C18H24F2N2O3. The summed E-state index contributed by atoms with van der Waals surface area (Å²) in [4.78, 5) is 12.8. The van der Waals surface area contributed by atoms with Crippen molar-refractivity contribution in [3.8, 4) is 5.75 Å². The minimum atomic E-state index is -2.85.